The Morgan fingerprint density at radius 1 is 0.933 bits per heavy atom. The Kier molecular flexibility index (Phi) is 5.57. The molecule has 0 radical (unpaired) electrons. The molecule has 1 heterocycles. The van der Waals surface area contributed by atoms with E-state index in [1.807, 2.05) is 68.4 Å². The third-order valence-electron chi connectivity index (χ3n) is 4.40. The lowest BCUT2D eigenvalue weighted by atomic mass is 10.1. The zero-order valence-corrected chi connectivity index (χ0v) is 16.8. The average Bonchev–Trinajstić information content (AvgIpc) is 2.75. The van der Waals surface area contributed by atoms with Crippen molar-refractivity contribution in [1.82, 2.24) is 9.97 Å². The van der Waals surface area contributed by atoms with Crippen molar-refractivity contribution >= 4 is 22.9 Å². The topological polar surface area (TPSA) is 79.6 Å². The number of aromatic nitrogens is 2. The van der Waals surface area contributed by atoms with Gasteiger partial charge in [0.15, 0.2) is 11.6 Å². The second-order valence-corrected chi connectivity index (χ2v) is 7.03. The van der Waals surface area contributed by atoms with Gasteiger partial charge in [-0.3, -0.25) is 5.43 Å². The van der Waals surface area contributed by atoms with Crippen molar-refractivity contribution in [2.24, 2.45) is 5.10 Å². The number of rotatable bonds is 6. The molecule has 0 aliphatic carbocycles. The molecule has 3 aromatic carbocycles. The highest BCUT2D eigenvalue weighted by Crippen LogP contribution is 2.26. The van der Waals surface area contributed by atoms with E-state index in [0.29, 0.717) is 17.2 Å². The van der Waals surface area contributed by atoms with Crippen LogP contribution in [-0.4, -0.2) is 27.4 Å². The predicted molar refractivity (Wildman–Crippen MR) is 120 cm³/mol. The first kappa shape index (κ1) is 19.4. The van der Waals surface area contributed by atoms with Crippen LogP contribution in [0.2, 0.25) is 0 Å². The number of nitrogens with zero attached hydrogens (tertiary/aromatic N) is 3. The van der Waals surface area contributed by atoms with Gasteiger partial charge in [-0.25, -0.2) is 9.97 Å². The van der Waals surface area contributed by atoms with E-state index in [1.54, 1.807) is 24.4 Å². The summed E-state index contributed by atoms with van der Waals surface area (Å²) >= 11 is 0. The summed E-state index contributed by atoms with van der Waals surface area (Å²) in [6, 6.07) is 22.5. The molecular weight excluding hydrogens is 376 g/mol. The molecule has 0 unspecified atom stereocenters. The maximum atomic E-state index is 9.89. The maximum absolute atomic E-state index is 9.89. The fraction of sp³-hybridized carbons (Fsp3) is 0.125. The molecule has 0 atom stereocenters. The molecule has 0 spiro atoms. The number of ether oxygens (including phenoxy) is 1. The van der Waals surface area contributed by atoms with E-state index in [2.05, 4.69) is 15.5 Å². The fourth-order valence-corrected chi connectivity index (χ4v) is 3.01. The molecule has 0 saturated heterocycles. The number of phenolic OH excluding ortho intramolecular Hbond substituents is 1. The number of hydrogen-bond donors (Lipinski definition) is 2. The summed E-state index contributed by atoms with van der Waals surface area (Å²) in [6.45, 7) is 3.99. The van der Waals surface area contributed by atoms with Gasteiger partial charge >= 0.3 is 0 Å². The zero-order valence-electron chi connectivity index (χ0n) is 16.8. The summed E-state index contributed by atoms with van der Waals surface area (Å²) in [5.74, 6) is 2.15. The van der Waals surface area contributed by atoms with Gasteiger partial charge in [-0.2, -0.15) is 5.10 Å². The van der Waals surface area contributed by atoms with Crippen LogP contribution < -0.4 is 10.2 Å². The predicted octanol–water partition coefficient (Wildman–Crippen LogP) is 5.24. The second-order valence-electron chi connectivity index (χ2n) is 7.03. The molecule has 4 rings (SSSR count). The Balaban J connectivity index is 1.66. The molecule has 2 N–H and O–H groups in total. The van der Waals surface area contributed by atoms with Crippen LogP contribution in [0.4, 0.5) is 5.82 Å². The molecule has 1 aromatic heterocycles. The lowest BCUT2D eigenvalue weighted by Gasteiger charge is -2.11. The minimum Gasteiger partial charge on any atom is -0.507 e. The summed E-state index contributed by atoms with van der Waals surface area (Å²) in [7, 11) is 0. The van der Waals surface area contributed by atoms with Crippen molar-refractivity contribution in [3.05, 3.63) is 78.4 Å². The van der Waals surface area contributed by atoms with E-state index in [0.717, 1.165) is 22.2 Å². The summed E-state index contributed by atoms with van der Waals surface area (Å²) in [5.41, 5.74) is 5.30. The molecule has 30 heavy (non-hydrogen) atoms. The first-order valence-electron chi connectivity index (χ1n) is 9.71. The van der Waals surface area contributed by atoms with Gasteiger partial charge in [0, 0.05) is 16.5 Å². The molecule has 0 fully saturated rings. The molecule has 6 nitrogen and oxygen atoms in total. The van der Waals surface area contributed by atoms with Crippen molar-refractivity contribution in [2.75, 3.05) is 5.43 Å². The van der Waals surface area contributed by atoms with Gasteiger partial charge in [0.2, 0.25) is 0 Å². The van der Waals surface area contributed by atoms with Gasteiger partial charge in [-0.15, -0.1) is 0 Å². The quantitative estimate of drug-likeness (QED) is 0.343. The van der Waals surface area contributed by atoms with Gasteiger partial charge in [0.05, 0.1) is 17.8 Å². The zero-order chi connectivity index (χ0) is 20.9. The lowest BCUT2D eigenvalue weighted by molar-refractivity contribution is 0.242. The third kappa shape index (κ3) is 4.38. The number of anilines is 1. The minimum absolute atomic E-state index is 0.116. The van der Waals surface area contributed by atoms with Crippen LogP contribution >= 0.6 is 0 Å². The van der Waals surface area contributed by atoms with E-state index in [-0.39, 0.29) is 11.9 Å². The number of phenols is 1. The Hall–Kier alpha value is -3.93. The SMILES string of the molecule is CC(C)Oc1ccc(-c2nc(NN=Cc3ccccc3O)c3ccccc3n2)cc1. The summed E-state index contributed by atoms with van der Waals surface area (Å²) in [5, 5.41) is 15.0. The first-order chi connectivity index (χ1) is 14.6. The highest BCUT2D eigenvalue weighted by Gasteiger charge is 2.09. The van der Waals surface area contributed by atoms with Crippen LogP contribution in [-0.2, 0) is 0 Å². The van der Waals surface area contributed by atoms with Crippen LogP contribution in [0, 0.1) is 0 Å². The van der Waals surface area contributed by atoms with Gasteiger partial charge in [0.1, 0.15) is 11.5 Å². The highest BCUT2D eigenvalue weighted by atomic mass is 16.5. The largest absolute Gasteiger partial charge is 0.507 e. The summed E-state index contributed by atoms with van der Waals surface area (Å²) < 4.78 is 5.71. The molecule has 4 aromatic rings. The van der Waals surface area contributed by atoms with E-state index >= 15 is 0 Å². The van der Waals surface area contributed by atoms with Gasteiger partial charge < -0.3 is 9.84 Å². The smallest absolute Gasteiger partial charge is 0.162 e. The van der Waals surface area contributed by atoms with E-state index in [1.165, 1.54) is 0 Å². The molecule has 150 valence electrons. The van der Waals surface area contributed by atoms with Gasteiger partial charge in [-0.1, -0.05) is 24.3 Å². The molecule has 0 aliphatic rings. The number of aromatic hydroxyl groups is 1. The number of hydrogen-bond acceptors (Lipinski definition) is 6. The molecular formula is C24H22N4O2. The van der Waals surface area contributed by atoms with Crippen LogP contribution in [0.15, 0.2) is 77.9 Å². The monoisotopic (exact) mass is 398 g/mol. The molecule has 0 aliphatic heterocycles. The normalized spacial score (nSPS) is 11.3. The van der Waals surface area contributed by atoms with E-state index in [9.17, 15) is 5.11 Å². The molecule has 6 heteroatoms. The van der Waals surface area contributed by atoms with Crippen LogP contribution in [0.3, 0.4) is 0 Å². The first-order valence-corrected chi connectivity index (χ1v) is 9.71. The van der Waals surface area contributed by atoms with Crippen LogP contribution in [0.25, 0.3) is 22.3 Å². The van der Waals surface area contributed by atoms with Crippen molar-refractivity contribution in [3.8, 4) is 22.9 Å². The van der Waals surface area contributed by atoms with E-state index < -0.39 is 0 Å². The third-order valence-corrected chi connectivity index (χ3v) is 4.40. The number of fused-ring (bicyclic) bond motifs is 1. The molecule has 0 amide bonds. The van der Waals surface area contributed by atoms with Crippen LogP contribution in [0.5, 0.6) is 11.5 Å². The average molecular weight is 398 g/mol. The van der Waals surface area contributed by atoms with E-state index in [4.69, 9.17) is 9.72 Å². The Morgan fingerprint density at radius 3 is 2.43 bits per heavy atom. The lowest BCUT2D eigenvalue weighted by Crippen LogP contribution is -2.05. The Morgan fingerprint density at radius 2 is 1.67 bits per heavy atom. The molecule has 0 bridgehead atoms. The summed E-state index contributed by atoms with van der Waals surface area (Å²) in [4.78, 5) is 9.37. The number of para-hydroxylation sites is 2. The Labute approximate surface area is 174 Å². The standard InChI is InChI=1S/C24H22N4O2/c1-16(2)30-19-13-11-17(12-14-19)23-26-21-9-5-4-8-20(21)24(27-23)28-25-15-18-7-3-6-10-22(18)29/h3-16,29H,1-2H3,(H,26,27,28). The van der Waals surface area contributed by atoms with Gasteiger partial charge in [-0.05, 0) is 62.4 Å². The number of hydrazone groups is 1. The number of benzene rings is 3. The molecule has 0 saturated carbocycles. The fourth-order valence-electron chi connectivity index (χ4n) is 3.01. The highest BCUT2D eigenvalue weighted by molar-refractivity contribution is 5.91. The van der Waals surface area contributed by atoms with Crippen molar-refractivity contribution in [3.63, 3.8) is 0 Å². The Bertz CT molecular complexity index is 1190. The van der Waals surface area contributed by atoms with Gasteiger partial charge in [0.25, 0.3) is 0 Å². The second kappa shape index (κ2) is 8.61. The van der Waals surface area contributed by atoms with Crippen molar-refractivity contribution in [2.45, 2.75) is 20.0 Å². The number of nitrogens with one attached hydrogen (secondary N) is 1. The van der Waals surface area contributed by atoms with Crippen molar-refractivity contribution in [1.29, 1.82) is 0 Å². The van der Waals surface area contributed by atoms with Crippen LogP contribution in [0.1, 0.15) is 19.4 Å². The van der Waals surface area contributed by atoms with Crippen molar-refractivity contribution < 1.29 is 9.84 Å². The minimum atomic E-state index is 0.116. The summed E-state index contributed by atoms with van der Waals surface area (Å²) in [6.07, 6.45) is 1.68. The maximum Gasteiger partial charge on any atom is 0.162 e.